The Labute approximate surface area is 145 Å². The predicted molar refractivity (Wildman–Crippen MR) is 82.7 cm³/mol. The van der Waals surface area contributed by atoms with Crippen LogP contribution in [0.1, 0.15) is 35.7 Å². The lowest BCUT2D eigenvalue weighted by Gasteiger charge is -2.14. The van der Waals surface area contributed by atoms with Gasteiger partial charge in [0.2, 0.25) is 11.7 Å². The first kappa shape index (κ1) is 16.7. The quantitative estimate of drug-likeness (QED) is 0.657. The third-order valence-corrected chi connectivity index (χ3v) is 4.36. The number of benzene rings is 1. The van der Waals surface area contributed by atoms with Crippen LogP contribution in [0, 0.1) is 5.82 Å². The van der Waals surface area contributed by atoms with Crippen LogP contribution >= 0.6 is 0 Å². The van der Waals surface area contributed by atoms with Crippen LogP contribution < -0.4 is 0 Å². The Morgan fingerprint density at radius 2 is 1.96 bits per heavy atom. The second kappa shape index (κ2) is 6.22. The molecule has 9 heteroatoms. The van der Waals surface area contributed by atoms with Crippen LogP contribution in [0.4, 0.5) is 17.6 Å². The molecule has 0 radical (unpaired) electrons. The van der Waals surface area contributed by atoms with Crippen molar-refractivity contribution in [2.75, 3.05) is 0 Å². The molecule has 3 aromatic rings. The highest BCUT2D eigenvalue weighted by molar-refractivity contribution is 5.53. The van der Waals surface area contributed by atoms with Gasteiger partial charge in [0, 0.05) is 16.8 Å². The molecule has 0 saturated heterocycles. The zero-order valence-electron chi connectivity index (χ0n) is 13.6. The van der Waals surface area contributed by atoms with Crippen LogP contribution in [-0.2, 0) is 25.6 Å². The van der Waals surface area contributed by atoms with Crippen LogP contribution in [0.15, 0.2) is 28.8 Å². The second-order valence-corrected chi connectivity index (χ2v) is 6.16. The molecule has 4 rings (SSSR count). The van der Waals surface area contributed by atoms with Crippen LogP contribution in [0.25, 0.3) is 11.4 Å². The Kier molecular flexibility index (Phi) is 4.01. The van der Waals surface area contributed by atoms with Crippen molar-refractivity contribution in [1.82, 2.24) is 19.9 Å². The first-order valence-corrected chi connectivity index (χ1v) is 8.16. The Hall–Kier alpha value is -2.71. The van der Waals surface area contributed by atoms with Gasteiger partial charge in [0.15, 0.2) is 5.69 Å². The van der Waals surface area contributed by atoms with E-state index in [1.165, 1.54) is 22.9 Å². The van der Waals surface area contributed by atoms with Crippen molar-refractivity contribution in [2.24, 2.45) is 0 Å². The molecular weight excluding hydrogens is 352 g/mol. The highest BCUT2D eigenvalue weighted by Crippen LogP contribution is 2.36. The molecule has 2 heterocycles. The Bertz CT molecular complexity index is 945. The van der Waals surface area contributed by atoms with E-state index in [1.807, 2.05) is 0 Å². The molecule has 0 aliphatic heterocycles. The molecule has 0 atom stereocenters. The highest BCUT2D eigenvalue weighted by atomic mass is 19.4. The minimum Gasteiger partial charge on any atom is -0.337 e. The van der Waals surface area contributed by atoms with Crippen molar-refractivity contribution < 1.29 is 22.1 Å². The maximum Gasteiger partial charge on any atom is 0.435 e. The largest absolute Gasteiger partial charge is 0.435 e. The van der Waals surface area contributed by atoms with Crippen LogP contribution in [-0.4, -0.2) is 19.9 Å². The van der Waals surface area contributed by atoms with Gasteiger partial charge < -0.3 is 4.52 Å². The minimum absolute atomic E-state index is 0.0548. The van der Waals surface area contributed by atoms with E-state index < -0.39 is 17.7 Å². The van der Waals surface area contributed by atoms with Crippen molar-refractivity contribution in [2.45, 2.75) is 38.4 Å². The van der Waals surface area contributed by atoms with E-state index in [9.17, 15) is 17.6 Å². The van der Waals surface area contributed by atoms with E-state index in [-0.39, 0.29) is 23.8 Å². The van der Waals surface area contributed by atoms with E-state index in [0.29, 0.717) is 30.5 Å². The molecule has 1 aromatic carbocycles. The topological polar surface area (TPSA) is 56.7 Å². The molecule has 0 spiro atoms. The van der Waals surface area contributed by atoms with E-state index in [0.717, 1.165) is 6.42 Å². The summed E-state index contributed by atoms with van der Waals surface area (Å²) in [7, 11) is 0. The molecule has 0 saturated carbocycles. The third kappa shape index (κ3) is 3.09. The van der Waals surface area contributed by atoms with Gasteiger partial charge in [-0.2, -0.15) is 23.3 Å². The average molecular weight is 366 g/mol. The normalized spacial score (nSPS) is 14.5. The zero-order valence-corrected chi connectivity index (χ0v) is 13.6. The fourth-order valence-electron chi connectivity index (χ4n) is 3.22. The molecule has 0 bridgehead atoms. The van der Waals surface area contributed by atoms with Crippen molar-refractivity contribution in [3.05, 3.63) is 52.9 Å². The number of nitrogens with zero attached hydrogens (tertiary/aromatic N) is 4. The summed E-state index contributed by atoms with van der Waals surface area (Å²) in [4.78, 5) is 4.15. The van der Waals surface area contributed by atoms with E-state index >= 15 is 0 Å². The number of rotatable bonds is 3. The standard InChI is InChI=1S/C17H14F4N4O/c18-11-5-3-4-10(8-11)16-22-14(26-24-16)9-25-13-7-2-1-6-12(13)15(23-25)17(19,20)21/h3-5,8H,1-2,6-7,9H2. The van der Waals surface area contributed by atoms with Gasteiger partial charge in [0.05, 0.1) is 0 Å². The summed E-state index contributed by atoms with van der Waals surface area (Å²) in [6, 6.07) is 5.68. The van der Waals surface area contributed by atoms with Crippen molar-refractivity contribution in [3.63, 3.8) is 0 Å². The summed E-state index contributed by atoms with van der Waals surface area (Å²) in [5, 5.41) is 7.53. The molecule has 2 aromatic heterocycles. The maximum atomic E-state index is 13.3. The summed E-state index contributed by atoms with van der Waals surface area (Å²) >= 11 is 0. The van der Waals surface area contributed by atoms with Crippen LogP contribution in [0.3, 0.4) is 0 Å². The Morgan fingerprint density at radius 1 is 1.15 bits per heavy atom. The summed E-state index contributed by atoms with van der Waals surface area (Å²) in [6.45, 7) is -0.0548. The fraction of sp³-hybridized carbons (Fsp3) is 0.353. The molecule has 0 amide bonds. The van der Waals surface area contributed by atoms with Crippen molar-refractivity contribution >= 4 is 0 Å². The monoisotopic (exact) mass is 366 g/mol. The molecule has 1 aliphatic rings. The number of halogens is 4. The number of hydrogen-bond acceptors (Lipinski definition) is 4. The Morgan fingerprint density at radius 3 is 2.73 bits per heavy atom. The van der Waals surface area contributed by atoms with E-state index in [1.54, 1.807) is 6.07 Å². The lowest BCUT2D eigenvalue weighted by molar-refractivity contribution is -0.142. The third-order valence-electron chi connectivity index (χ3n) is 4.36. The maximum absolute atomic E-state index is 13.3. The first-order chi connectivity index (χ1) is 12.4. The summed E-state index contributed by atoms with van der Waals surface area (Å²) < 4.78 is 59.4. The number of hydrogen-bond donors (Lipinski definition) is 0. The molecule has 5 nitrogen and oxygen atoms in total. The number of alkyl halides is 3. The Balaban J connectivity index is 1.65. The first-order valence-electron chi connectivity index (χ1n) is 8.16. The molecule has 0 fully saturated rings. The predicted octanol–water partition coefficient (Wildman–Crippen LogP) is 4.02. The smallest absolute Gasteiger partial charge is 0.337 e. The van der Waals surface area contributed by atoms with Gasteiger partial charge in [-0.05, 0) is 37.8 Å². The average Bonchev–Trinajstić information content (AvgIpc) is 3.20. The second-order valence-electron chi connectivity index (χ2n) is 6.16. The zero-order chi connectivity index (χ0) is 18.3. The summed E-state index contributed by atoms with van der Waals surface area (Å²) in [6.07, 6.45) is -2.07. The SMILES string of the molecule is Fc1cccc(-c2noc(Cn3nc(C(F)(F)F)c4c3CCCC4)n2)c1. The van der Waals surface area contributed by atoms with Crippen LogP contribution in [0.2, 0.25) is 0 Å². The molecule has 0 unspecified atom stereocenters. The minimum atomic E-state index is -4.49. The van der Waals surface area contributed by atoms with Crippen LogP contribution in [0.5, 0.6) is 0 Å². The highest BCUT2D eigenvalue weighted by Gasteiger charge is 2.39. The van der Waals surface area contributed by atoms with Crippen molar-refractivity contribution in [3.8, 4) is 11.4 Å². The lowest BCUT2D eigenvalue weighted by Crippen LogP contribution is -2.11. The number of aromatic nitrogens is 4. The number of fused-ring (bicyclic) bond motifs is 1. The lowest BCUT2D eigenvalue weighted by atomic mass is 9.95. The van der Waals surface area contributed by atoms with Gasteiger partial charge >= 0.3 is 6.18 Å². The summed E-state index contributed by atoms with van der Waals surface area (Å²) in [5.41, 5.74) is 0.415. The fourth-order valence-corrected chi connectivity index (χ4v) is 3.22. The molecule has 1 aliphatic carbocycles. The molecular formula is C17H14F4N4O. The van der Waals surface area contributed by atoms with E-state index in [4.69, 9.17) is 4.52 Å². The van der Waals surface area contributed by atoms with Gasteiger partial charge in [-0.15, -0.1) is 0 Å². The summed E-state index contributed by atoms with van der Waals surface area (Å²) in [5.74, 6) is -0.143. The van der Waals surface area contributed by atoms with E-state index in [2.05, 4.69) is 15.2 Å². The van der Waals surface area contributed by atoms with Gasteiger partial charge in [0.25, 0.3) is 0 Å². The molecule has 136 valence electrons. The van der Waals surface area contributed by atoms with Gasteiger partial charge in [0.1, 0.15) is 12.4 Å². The molecule has 0 N–H and O–H groups in total. The van der Waals surface area contributed by atoms with Gasteiger partial charge in [-0.1, -0.05) is 17.3 Å². The van der Waals surface area contributed by atoms with Gasteiger partial charge in [-0.25, -0.2) is 4.39 Å². The molecule has 26 heavy (non-hydrogen) atoms. The van der Waals surface area contributed by atoms with Gasteiger partial charge in [-0.3, -0.25) is 4.68 Å². The van der Waals surface area contributed by atoms with Crippen molar-refractivity contribution in [1.29, 1.82) is 0 Å².